The van der Waals surface area contributed by atoms with Crippen molar-refractivity contribution in [1.82, 2.24) is 4.98 Å². The third kappa shape index (κ3) is 4.44. The highest BCUT2D eigenvalue weighted by atomic mass is 79.9. The van der Waals surface area contributed by atoms with Crippen LogP contribution >= 0.6 is 15.9 Å². The van der Waals surface area contributed by atoms with Gasteiger partial charge in [-0.3, -0.25) is 0 Å². The summed E-state index contributed by atoms with van der Waals surface area (Å²) in [4.78, 5) is 4.36. The van der Waals surface area contributed by atoms with Gasteiger partial charge in [-0.05, 0) is 54.6 Å². The Morgan fingerprint density at radius 1 is 1.37 bits per heavy atom. The second kappa shape index (κ2) is 7.22. The van der Waals surface area contributed by atoms with Crippen LogP contribution in [0.15, 0.2) is 10.5 Å². The summed E-state index contributed by atoms with van der Waals surface area (Å²) in [6.45, 7) is 5.81. The van der Waals surface area contributed by atoms with Gasteiger partial charge in [0.1, 0.15) is 6.61 Å². The lowest BCUT2D eigenvalue weighted by Crippen LogP contribution is -2.24. The molecule has 1 aliphatic rings. The molecule has 5 heteroatoms. The summed E-state index contributed by atoms with van der Waals surface area (Å²) in [5.41, 5.74) is 2.06. The van der Waals surface area contributed by atoms with Crippen molar-refractivity contribution in [3.8, 4) is 5.88 Å². The number of rotatable bonds is 5. The first-order valence-electron chi connectivity index (χ1n) is 6.66. The molecule has 2 rings (SSSR count). The second-order valence-corrected chi connectivity index (χ2v) is 5.49. The zero-order chi connectivity index (χ0) is 13.7. The average molecular weight is 330 g/mol. The average Bonchev–Trinajstić information content (AvgIpc) is 2.42. The highest BCUT2D eigenvalue weighted by molar-refractivity contribution is 9.10. The number of nitrogens with zero attached hydrogens (tertiary/aromatic N) is 1. The van der Waals surface area contributed by atoms with Crippen LogP contribution in [0.5, 0.6) is 5.88 Å². The normalized spacial score (nSPS) is 19.4. The fourth-order valence-electron chi connectivity index (χ4n) is 2.02. The zero-order valence-electron chi connectivity index (χ0n) is 11.4. The van der Waals surface area contributed by atoms with Crippen LogP contribution < -0.4 is 4.74 Å². The van der Waals surface area contributed by atoms with Gasteiger partial charge in [-0.2, -0.15) is 0 Å². The van der Waals surface area contributed by atoms with Crippen molar-refractivity contribution in [2.24, 2.45) is 0 Å². The van der Waals surface area contributed by atoms with Crippen LogP contribution in [0, 0.1) is 13.8 Å². The SMILES string of the molecule is Cc1cc(OCCOC2CCCCO2)nc(C)c1Br. The maximum atomic E-state index is 5.60. The zero-order valence-corrected chi connectivity index (χ0v) is 13.0. The van der Waals surface area contributed by atoms with Crippen molar-refractivity contribution in [2.45, 2.75) is 39.4 Å². The lowest BCUT2D eigenvalue weighted by molar-refractivity contribution is -0.165. The van der Waals surface area contributed by atoms with E-state index in [4.69, 9.17) is 14.2 Å². The molecular weight excluding hydrogens is 310 g/mol. The maximum Gasteiger partial charge on any atom is 0.213 e. The molecule has 1 saturated heterocycles. The van der Waals surface area contributed by atoms with Crippen LogP contribution in [0.2, 0.25) is 0 Å². The standard InChI is InChI=1S/C14H20BrNO3/c1-10-9-12(16-11(2)14(10)15)17-7-8-19-13-5-3-4-6-18-13/h9,13H,3-8H2,1-2H3. The third-order valence-electron chi connectivity index (χ3n) is 3.06. The van der Waals surface area contributed by atoms with Gasteiger partial charge in [-0.1, -0.05) is 0 Å². The molecule has 0 saturated carbocycles. The monoisotopic (exact) mass is 329 g/mol. The van der Waals surface area contributed by atoms with Crippen LogP contribution in [0.3, 0.4) is 0 Å². The van der Waals surface area contributed by atoms with E-state index in [1.165, 1.54) is 6.42 Å². The largest absolute Gasteiger partial charge is 0.475 e. The van der Waals surface area contributed by atoms with Crippen LogP contribution in [0.4, 0.5) is 0 Å². The number of aryl methyl sites for hydroxylation is 2. The van der Waals surface area contributed by atoms with Gasteiger partial charge in [0.25, 0.3) is 0 Å². The quantitative estimate of drug-likeness (QED) is 0.776. The topological polar surface area (TPSA) is 40.6 Å². The number of hydrogen-bond acceptors (Lipinski definition) is 4. The Labute approximate surface area is 122 Å². The molecule has 1 aromatic rings. The fourth-order valence-corrected chi connectivity index (χ4v) is 2.23. The summed E-state index contributed by atoms with van der Waals surface area (Å²) in [6, 6.07) is 1.92. The fraction of sp³-hybridized carbons (Fsp3) is 0.643. The van der Waals surface area contributed by atoms with Gasteiger partial charge in [-0.15, -0.1) is 0 Å². The van der Waals surface area contributed by atoms with Gasteiger partial charge in [-0.25, -0.2) is 4.98 Å². The summed E-state index contributed by atoms with van der Waals surface area (Å²) < 4.78 is 17.7. The minimum atomic E-state index is -0.0568. The number of ether oxygens (including phenoxy) is 3. The van der Waals surface area contributed by atoms with E-state index < -0.39 is 0 Å². The lowest BCUT2D eigenvalue weighted by Gasteiger charge is -2.22. The van der Waals surface area contributed by atoms with Crippen molar-refractivity contribution in [1.29, 1.82) is 0 Å². The molecule has 1 aromatic heterocycles. The minimum absolute atomic E-state index is 0.0568. The predicted molar refractivity (Wildman–Crippen MR) is 76.4 cm³/mol. The Morgan fingerprint density at radius 3 is 2.89 bits per heavy atom. The van der Waals surface area contributed by atoms with E-state index >= 15 is 0 Å². The third-order valence-corrected chi connectivity index (χ3v) is 4.26. The molecule has 4 nitrogen and oxygen atoms in total. The molecule has 0 bridgehead atoms. The molecule has 0 amide bonds. The van der Waals surface area contributed by atoms with Gasteiger partial charge in [0.05, 0.1) is 12.3 Å². The molecule has 1 aliphatic heterocycles. The van der Waals surface area contributed by atoms with Gasteiger partial charge in [0.2, 0.25) is 5.88 Å². The van der Waals surface area contributed by atoms with E-state index in [0.717, 1.165) is 35.2 Å². The van der Waals surface area contributed by atoms with Crippen LogP contribution in [-0.2, 0) is 9.47 Å². The second-order valence-electron chi connectivity index (χ2n) is 4.69. The van der Waals surface area contributed by atoms with Crippen molar-refractivity contribution in [3.63, 3.8) is 0 Å². The Bertz CT molecular complexity index is 396. The number of halogens is 1. The lowest BCUT2D eigenvalue weighted by atomic mass is 10.2. The van der Waals surface area contributed by atoms with Gasteiger partial charge < -0.3 is 14.2 Å². The van der Waals surface area contributed by atoms with Crippen molar-refractivity contribution >= 4 is 15.9 Å². The van der Waals surface area contributed by atoms with Gasteiger partial charge in [0, 0.05) is 17.1 Å². The highest BCUT2D eigenvalue weighted by Crippen LogP contribution is 2.23. The number of aromatic nitrogens is 1. The van der Waals surface area contributed by atoms with E-state index in [-0.39, 0.29) is 6.29 Å². The van der Waals surface area contributed by atoms with Crippen molar-refractivity contribution in [3.05, 3.63) is 21.8 Å². The first-order chi connectivity index (χ1) is 9.16. The van der Waals surface area contributed by atoms with Crippen molar-refractivity contribution < 1.29 is 14.2 Å². The van der Waals surface area contributed by atoms with Crippen LogP contribution in [-0.4, -0.2) is 31.1 Å². The molecule has 19 heavy (non-hydrogen) atoms. The molecule has 1 unspecified atom stereocenters. The summed E-state index contributed by atoms with van der Waals surface area (Å²) >= 11 is 3.49. The summed E-state index contributed by atoms with van der Waals surface area (Å²) in [5.74, 6) is 0.645. The molecule has 0 aromatic carbocycles. The van der Waals surface area contributed by atoms with Gasteiger partial charge >= 0.3 is 0 Å². The first kappa shape index (κ1) is 14.8. The minimum Gasteiger partial charge on any atom is -0.475 e. The van der Waals surface area contributed by atoms with Crippen LogP contribution in [0.1, 0.15) is 30.5 Å². The number of hydrogen-bond donors (Lipinski definition) is 0. The molecule has 1 atom stereocenters. The van der Waals surface area contributed by atoms with Crippen molar-refractivity contribution in [2.75, 3.05) is 19.8 Å². The highest BCUT2D eigenvalue weighted by Gasteiger charge is 2.13. The smallest absolute Gasteiger partial charge is 0.213 e. The summed E-state index contributed by atoms with van der Waals surface area (Å²) in [6.07, 6.45) is 3.24. The molecule has 2 heterocycles. The maximum absolute atomic E-state index is 5.60. The predicted octanol–water partition coefficient (Wildman–Crippen LogP) is 3.38. The molecule has 0 N–H and O–H groups in total. The van der Waals surface area contributed by atoms with E-state index in [9.17, 15) is 0 Å². The Hall–Kier alpha value is -0.650. The molecule has 0 spiro atoms. The Balaban J connectivity index is 1.73. The van der Waals surface area contributed by atoms with E-state index in [1.54, 1.807) is 0 Å². The van der Waals surface area contributed by atoms with E-state index in [1.807, 2.05) is 19.9 Å². The summed E-state index contributed by atoms with van der Waals surface area (Å²) in [7, 11) is 0. The summed E-state index contributed by atoms with van der Waals surface area (Å²) in [5, 5.41) is 0. The number of pyridine rings is 1. The molecule has 1 fully saturated rings. The Morgan fingerprint density at radius 2 is 2.21 bits per heavy atom. The molecule has 106 valence electrons. The molecule has 0 aliphatic carbocycles. The van der Waals surface area contributed by atoms with E-state index in [0.29, 0.717) is 19.1 Å². The first-order valence-corrected chi connectivity index (χ1v) is 7.46. The van der Waals surface area contributed by atoms with Crippen LogP contribution in [0.25, 0.3) is 0 Å². The van der Waals surface area contributed by atoms with Gasteiger partial charge in [0.15, 0.2) is 6.29 Å². The Kier molecular flexibility index (Phi) is 5.60. The molecule has 0 radical (unpaired) electrons. The van der Waals surface area contributed by atoms with E-state index in [2.05, 4.69) is 20.9 Å². The molecular formula is C14H20BrNO3.